The van der Waals surface area contributed by atoms with E-state index in [4.69, 9.17) is 21.1 Å². The lowest BCUT2D eigenvalue weighted by molar-refractivity contribution is 0.102. The summed E-state index contributed by atoms with van der Waals surface area (Å²) in [5, 5.41) is 3.81. The highest BCUT2D eigenvalue weighted by atomic mass is 35.5. The van der Waals surface area contributed by atoms with Crippen molar-refractivity contribution in [2.75, 3.05) is 12.4 Å². The molecule has 0 aliphatic rings. The van der Waals surface area contributed by atoms with E-state index in [9.17, 15) is 4.79 Å². The lowest BCUT2D eigenvalue weighted by Gasteiger charge is -2.07. The molecule has 1 amide bonds. The van der Waals surface area contributed by atoms with Crippen LogP contribution < -0.4 is 14.8 Å². The number of aromatic nitrogens is 1. The van der Waals surface area contributed by atoms with E-state index in [0.29, 0.717) is 39.3 Å². The molecule has 0 aliphatic carbocycles. The van der Waals surface area contributed by atoms with Crippen molar-refractivity contribution >= 4 is 44.2 Å². The Morgan fingerprint density at radius 2 is 1.86 bits per heavy atom. The van der Waals surface area contributed by atoms with Crippen LogP contribution in [0.3, 0.4) is 0 Å². The summed E-state index contributed by atoms with van der Waals surface area (Å²) in [6.45, 7) is 0.476. The van der Waals surface area contributed by atoms with Gasteiger partial charge in [0, 0.05) is 11.6 Å². The SMILES string of the molecule is COc1cc2sc(NC(=O)c3ccc(OCc4ccccc4)cc3)nc2cc1Cl. The van der Waals surface area contributed by atoms with Gasteiger partial charge in [0.25, 0.3) is 5.91 Å². The van der Waals surface area contributed by atoms with Gasteiger partial charge in [-0.1, -0.05) is 53.3 Å². The van der Waals surface area contributed by atoms with Gasteiger partial charge in [-0.2, -0.15) is 0 Å². The number of fused-ring (bicyclic) bond motifs is 1. The molecule has 0 saturated carbocycles. The predicted octanol–water partition coefficient (Wildman–Crippen LogP) is 5.79. The summed E-state index contributed by atoms with van der Waals surface area (Å²) in [4.78, 5) is 17.0. The molecule has 0 fully saturated rings. The molecule has 0 spiro atoms. The zero-order chi connectivity index (χ0) is 20.2. The summed E-state index contributed by atoms with van der Waals surface area (Å²) >= 11 is 7.50. The molecule has 0 bridgehead atoms. The van der Waals surface area contributed by atoms with E-state index in [0.717, 1.165) is 10.3 Å². The zero-order valence-corrected chi connectivity index (χ0v) is 17.1. The van der Waals surface area contributed by atoms with Crippen LogP contribution in [0.2, 0.25) is 5.02 Å². The topological polar surface area (TPSA) is 60.5 Å². The van der Waals surface area contributed by atoms with Crippen LogP contribution in [0, 0.1) is 0 Å². The number of anilines is 1. The minimum absolute atomic E-state index is 0.239. The number of carbonyl (C=O) groups is 1. The van der Waals surface area contributed by atoms with Crippen LogP contribution in [-0.2, 0) is 6.61 Å². The van der Waals surface area contributed by atoms with Crippen molar-refractivity contribution in [2.45, 2.75) is 6.61 Å². The van der Waals surface area contributed by atoms with Gasteiger partial charge in [0.2, 0.25) is 0 Å². The first kappa shape index (κ1) is 19.2. The van der Waals surface area contributed by atoms with Crippen molar-refractivity contribution in [2.24, 2.45) is 0 Å². The molecule has 0 atom stereocenters. The molecule has 4 rings (SSSR count). The van der Waals surface area contributed by atoms with E-state index in [-0.39, 0.29) is 5.91 Å². The fourth-order valence-corrected chi connectivity index (χ4v) is 3.86. The summed E-state index contributed by atoms with van der Waals surface area (Å²) in [6, 6.07) is 20.5. The van der Waals surface area contributed by atoms with Crippen molar-refractivity contribution in [1.82, 2.24) is 4.98 Å². The Bertz CT molecular complexity index is 1140. The average molecular weight is 425 g/mol. The fraction of sp³-hybridized carbons (Fsp3) is 0.0909. The Morgan fingerprint density at radius 1 is 1.10 bits per heavy atom. The van der Waals surface area contributed by atoms with Crippen molar-refractivity contribution in [3.63, 3.8) is 0 Å². The van der Waals surface area contributed by atoms with Gasteiger partial charge in [-0.3, -0.25) is 10.1 Å². The number of methoxy groups -OCH3 is 1. The normalized spacial score (nSPS) is 10.7. The molecule has 146 valence electrons. The Hall–Kier alpha value is -3.09. The first-order valence-corrected chi connectivity index (χ1v) is 10.0. The Labute approximate surface area is 176 Å². The summed E-state index contributed by atoms with van der Waals surface area (Å²) in [5.74, 6) is 1.04. The molecule has 0 aliphatic heterocycles. The lowest BCUT2D eigenvalue weighted by Crippen LogP contribution is -2.11. The van der Waals surface area contributed by atoms with Gasteiger partial charge in [0.05, 0.1) is 22.3 Å². The number of ether oxygens (including phenoxy) is 2. The van der Waals surface area contributed by atoms with Gasteiger partial charge in [-0.05, 0) is 35.9 Å². The largest absolute Gasteiger partial charge is 0.495 e. The Morgan fingerprint density at radius 3 is 2.59 bits per heavy atom. The van der Waals surface area contributed by atoms with Crippen molar-refractivity contribution in [3.8, 4) is 11.5 Å². The van der Waals surface area contributed by atoms with Gasteiger partial charge in [-0.25, -0.2) is 4.98 Å². The molecule has 4 aromatic rings. The van der Waals surface area contributed by atoms with Crippen LogP contribution in [0.1, 0.15) is 15.9 Å². The monoisotopic (exact) mass is 424 g/mol. The standard InChI is InChI=1S/C22H17ClN2O3S/c1-27-19-12-20-18(11-17(19)23)24-22(29-20)25-21(26)15-7-9-16(10-8-15)28-13-14-5-3-2-4-6-14/h2-12H,13H2,1H3,(H,24,25,26). The summed E-state index contributed by atoms with van der Waals surface area (Å²) < 4.78 is 11.9. The molecule has 0 radical (unpaired) electrons. The molecule has 1 aromatic heterocycles. The fourth-order valence-electron chi connectivity index (χ4n) is 2.75. The highest BCUT2D eigenvalue weighted by molar-refractivity contribution is 7.22. The lowest BCUT2D eigenvalue weighted by atomic mass is 10.2. The number of amides is 1. The second-order valence-corrected chi connectivity index (χ2v) is 7.66. The number of hydrogen-bond acceptors (Lipinski definition) is 5. The van der Waals surface area contributed by atoms with Crippen molar-refractivity contribution in [1.29, 1.82) is 0 Å². The molecule has 0 unspecified atom stereocenters. The summed E-state index contributed by atoms with van der Waals surface area (Å²) in [7, 11) is 1.56. The maximum atomic E-state index is 12.5. The minimum Gasteiger partial charge on any atom is -0.495 e. The third-order valence-electron chi connectivity index (χ3n) is 4.25. The number of halogens is 1. The third kappa shape index (κ3) is 4.50. The quantitative estimate of drug-likeness (QED) is 0.425. The van der Waals surface area contributed by atoms with Crippen molar-refractivity contribution in [3.05, 3.63) is 82.9 Å². The smallest absolute Gasteiger partial charge is 0.257 e. The van der Waals surface area contributed by atoms with Crippen LogP contribution >= 0.6 is 22.9 Å². The number of nitrogens with one attached hydrogen (secondary N) is 1. The molecule has 1 N–H and O–H groups in total. The average Bonchev–Trinajstić information content (AvgIpc) is 3.13. The Balaban J connectivity index is 1.42. The molecule has 1 heterocycles. The molecule has 0 saturated heterocycles. The predicted molar refractivity (Wildman–Crippen MR) is 116 cm³/mol. The van der Waals surface area contributed by atoms with E-state index in [1.54, 1.807) is 37.4 Å². The van der Waals surface area contributed by atoms with E-state index >= 15 is 0 Å². The van der Waals surface area contributed by atoms with Crippen LogP contribution in [0.25, 0.3) is 10.2 Å². The number of rotatable bonds is 6. The van der Waals surface area contributed by atoms with E-state index in [2.05, 4.69) is 10.3 Å². The van der Waals surface area contributed by atoms with E-state index in [1.165, 1.54) is 11.3 Å². The summed E-state index contributed by atoms with van der Waals surface area (Å²) in [5.41, 5.74) is 2.31. The van der Waals surface area contributed by atoms with Crippen LogP contribution in [0.4, 0.5) is 5.13 Å². The number of benzene rings is 3. The molecule has 5 nitrogen and oxygen atoms in total. The number of hydrogen-bond donors (Lipinski definition) is 1. The highest BCUT2D eigenvalue weighted by Crippen LogP contribution is 2.34. The van der Waals surface area contributed by atoms with Crippen LogP contribution in [0.15, 0.2) is 66.7 Å². The first-order valence-electron chi connectivity index (χ1n) is 8.84. The first-order chi connectivity index (χ1) is 14.1. The number of carbonyl (C=O) groups excluding carboxylic acids is 1. The van der Waals surface area contributed by atoms with E-state index in [1.807, 2.05) is 36.4 Å². The zero-order valence-electron chi connectivity index (χ0n) is 15.5. The van der Waals surface area contributed by atoms with Crippen LogP contribution in [0.5, 0.6) is 11.5 Å². The Kier molecular flexibility index (Phi) is 5.64. The molecular formula is C22H17ClN2O3S. The third-order valence-corrected chi connectivity index (χ3v) is 5.48. The molecule has 7 heteroatoms. The van der Waals surface area contributed by atoms with Gasteiger partial charge >= 0.3 is 0 Å². The maximum absolute atomic E-state index is 12.5. The van der Waals surface area contributed by atoms with E-state index < -0.39 is 0 Å². The minimum atomic E-state index is -0.239. The van der Waals surface area contributed by atoms with Crippen molar-refractivity contribution < 1.29 is 14.3 Å². The summed E-state index contributed by atoms with van der Waals surface area (Å²) in [6.07, 6.45) is 0. The second kappa shape index (κ2) is 8.51. The second-order valence-electron chi connectivity index (χ2n) is 6.23. The maximum Gasteiger partial charge on any atom is 0.257 e. The number of thiazole rings is 1. The highest BCUT2D eigenvalue weighted by Gasteiger charge is 2.12. The van der Waals surface area contributed by atoms with Gasteiger partial charge in [0.1, 0.15) is 18.1 Å². The van der Waals surface area contributed by atoms with Gasteiger partial charge in [-0.15, -0.1) is 0 Å². The van der Waals surface area contributed by atoms with Gasteiger partial charge in [0.15, 0.2) is 5.13 Å². The molecule has 29 heavy (non-hydrogen) atoms. The number of nitrogens with zero attached hydrogens (tertiary/aromatic N) is 1. The molecular weight excluding hydrogens is 408 g/mol. The molecule has 3 aromatic carbocycles. The van der Waals surface area contributed by atoms with Gasteiger partial charge < -0.3 is 9.47 Å². The van der Waals surface area contributed by atoms with Crippen LogP contribution in [-0.4, -0.2) is 18.0 Å².